The number of rotatable bonds is 8. The van der Waals surface area contributed by atoms with Crippen LogP contribution in [0.4, 0.5) is 0 Å². The van der Waals surface area contributed by atoms with Crippen LogP contribution in [0.25, 0.3) is 0 Å². The quantitative estimate of drug-likeness (QED) is 0.712. The highest BCUT2D eigenvalue weighted by Gasteiger charge is 2.13. The Morgan fingerprint density at radius 3 is 2.52 bits per heavy atom. The van der Waals surface area contributed by atoms with Crippen LogP contribution in [-0.2, 0) is 9.59 Å². The van der Waals surface area contributed by atoms with Gasteiger partial charge in [-0.05, 0) is 25.1 Å². The lowest BCUT2D eigenvalue weighted by molar-refractivity contribution is -0.141. The zero-order chi connectivity index (χ0) is 15.8. The van der Waals surface area contributed by atoms with Crippen LogP contribution in [0.1, 0.15) is 13.3 Å². The van der Waals surface area contributed by atoms with E-state index in [2.05, 4.69) is 5.32 Å². The normalized spacial score (nSPS) is 11.6. The van der Waals surface area contributed by atoms with Gasteiger partial charge in [-0.25, -0.2) is 0 Å². The number of methoxy groups -OCH3 is 2. The Kier molecular flexibility index (Phi) is 6.87. The molecule has 0 unspecified atom stereocenters. The summed E-state index contributed by atoms with van der Waals surface area (Å²) in [5, 5.41) is 11.1. The summed E-state index contributed by atoms with van der Waals surface area (Å²) in [4.78, 5) is 23.1. The Labute approximate surface area is 127 Å². The van der Waals surface area contributed by atoms with Gasteiger partial charge in [0.15, 0.2) is 11.5 Å². The molecule has 1 aromatic rings. The molecule has 7 heteroatoms. The van der Waals surface area contributed by atoms with Crippen LogP contribution in [0.2, 0.25) is 0 Å². The number of carboxylic acid groups (broad SMARTS) is 1. The van der Waals surface area contributed by atoms with Gasteiger partial charge in [-0.2, -0.15) is 0 Å². The summed E-state index contributed by atoms with van der Waals surface area (Å²) in [5.41, 5.74) is 0. The molecule has 0 saturated heterocycles. The van der Waals surface area contributed by atoms with E-state index >= 15 is 0 Å². The molecule has 0 aliphatic heterocycles. The van der Waals surface area contributed by atoms with Gasteiger partial charge in [-0.1, -0.05) is 0 Å². The number of ether oxygens (including phenoxy) is 2. The van der Waals surface area contributed by atoms with Crippen molar-refractivity contribution in [3.63, 3.8) is 0 Å². The lowest BCUT2D eigenvalue weighted by Crippen LogP contribution is -2.38. The molecule has 0 aliphatic rings. The smallest absolute Gasteiger partial charge is 0.325 e. The highest BCUT2D eigenvalue weighted by Crippen LogP contribution is 2.31. The van der Waals surface area contributed by atoms with E-state index < -0.39 is 12.0 Å². The first-order chi connectivity index (χ1) is 9.97. The maximum Gasteiger partial charge on any atom is 0.325 e. The number of amides is 1. The maximum atomic E-state index is 11.5. The van der Waals surface area contributed by atoms with Crippen LogP contribution in [0.3, 0.4) is 0 Å². The fourth-order valence-corrected chi connectivity index (χ4v) is 2.42. The summed E-state index contributed by atoms with van der Waals surface area (Å²) in [7, 11) is 3.13. The third kappa shape index (κ3) is 5.55. The first kappa shape index (κ1) is 17.2. The van der Waals surface area contributed by atoms with Crippen molar-refractivity contribution in [1.82, 2.24) is 5.32 Å². The maximum absolute atomic E-state index is 11.5. The van der Waals surface area contributed by atoms with Gasteiger partial charge in [-0.3, -0.25) is 9.59 Å². The van der Waals surface area contributed by atoms with E-state index in [1.165, 1.54) is 18.7 Å². The van der Waals surface area contributed by atoms with E-state index in [1.807, 2.05) is 12.1 Å². The SMILES string of the molecule is COc1ccc(SCCC(=O)N[C@@H](C)C(=O)O)cc1OC. The van der Waals surface area contributed by atoms with Crippen molar-refractivity contribution < 1.29 is 24.2 Å². The molecule has 1 aromatic carbocycles. The first-order valence-corrected chi connectivity index (χ1v) is 7.33. The van der Waals surface area contributed by atoms with Crippen molar-refractivity contribution in [2.24, 2.45) is 0 Å². The first-order valence-electron chi connectivity index (χ1n) is 6.35. The number of aliphatic carboxylic acids is 1. The summed E-state index contributed by atoms with van der Waals surface area (Å²) in [6, 6.07) is 4.64. The average Bonchev–Trinajstić information content (AvgIpc) is 2.46. The van der Waals surface area contributed by atoms with Crippen molar-refractivity contribution in [3.05, 3.63) is 18.2 Å². The molecule has 6 nitrogen and oxygen atoms in total. The van der Waals surface area contributed by atoms with Crippen molar-refractivity contribution in [1.29, 1.82) is 0 Å². The molecule has 1 amide bonds. The third-order valence-electron chi connectivity index (χ3n) is 2.70. The number of carbonyl (C=O) groups is 2. The van der Waals surface area contributed by atoms with Crippen LogP contribution < -0.4 is 14.8 Å². The second-order valence-corrected chi connectivity index (χ2v) is 5.41. The number of nitrogens with one attached hydrogen (secondary N) is 1. The Morgan fingerprint density at radius 1 is 1.29 bits per heavy atom. The minimum absolute atomic E-state index is 0.247. The minimum atomic E-state index is -1.05. The fourth-order valence-electron chi connectivity index (χ4n) is 1.54. The van der Waals surface area contributed by atoms with Gasteiger partial charge in [0, 0.05) is 17.1 Å². The molecule has 0 radical (unpaired) electrons. The minimum Gasteiger partial charge on any atom is -0.493 e. The van der Waals surface area contributed by atoms with E-state index in [1.54, 1.807) is 20.3 Å². The molecule has 0 heterocycles. The number of carboxylic acids is 1. The molecule has 0 spiro atoms. The number of benzene rings is 1. The van der Waals surface area contributed by atoms with Gasteiger partial charge in [0.2, 0.25) is 5.91 Å². The van der Waals surface area contributed by atoms with Gasteiger partial charge in [0.25, 0.3) is 0 Å². The van der Waals surface area contributed by atoms with Gasteiger partial charge in [0.1, 0.15) is 6.04 Å². The molecule has 0 bridgehead atoms. The summed E-state index contributed by atoms with van der Waals surface area (Å²) in [6.07, 6.45) is 0.247. The summed E-state index contributed by atoms with van der Waals surface area (Å²) in [6.45, 7) is 1.43. The Balaban J connectivity index is 2.45. The monoisotopic (exact) mass is 313 g/mol. The fraction of sp³-hybridized carbons (Fsp3) is 0.429. The zero-order valence-electron chi connectivity index (χ0n) is 12.2. The molecular weight excluding hydrogens is 294 g/mol. The van der Waals surface area contributed by atoms with Crippen LogP contribution in [0, 0.1) is 0 Å². The Bertz CT molecular complexity index is 506. The van der Waals surface area contributed by atoms with E-state index in [0.29, 0.717) is 17.3 Å². The van der Waals surface area contributed by atoms with Crippen molar-refractivity contribution >= 4 is 23.6 Å². The molecule has 0 aromatic heterocycles. The van der Waals surface area contributed by atoms with Gasteiger partial charge < -0.3 is 19.9 Å². The van der Waals surface area contributed by atoms with Gasteiger partial charge >= 0.3 is 5.97 Å². The topological polar surface area (TPSA) is 84.9 Å². The van der Waals surface area contributed by atoms with E-state index in [9.17, 15) is 9.59 Å². The molecule has 0 saturated carbocycles. The largest absolute Gasteiger partial charge is 0.493 e. The molecule has 21 heavy (non-hydrogen) atoms. The number of hydrogen-bond acceptors (Lipinski definition) is 5. The number of carbonyl (C=O) groups excluding carboxylic acids is 1. The van der Waals surface area contributed by atoms with Crippen LogP contribution >= 0.6 is 11.8 Å². The summed E-state index contributed by atoms with van der Waals surface area (Å²) in [5.74, 6) is 0.503. The predicted molar refractivity (Wildman–Crippen MR) is 80.1 cm³/mol. The molecule has 116 valence electrons. The van der Waals surface area contributed by atoms with Crippen molar-refractivity contribution in [2.75, 3.05) is 20.0 Å². The molecule has 0 aliphatic carbocycles. The van der Waals surface area contributed by atoms with Crippen molar-refractivity contribution in [2.45, 2.75) is 24.3 Å². The van der Waals surface area contributed by atoms with Crippen LogP contribution in [0.15, 0.2) is 23.1 Å². The number of hydrogen-bond donors (Lipinski definition) is 2. The Hall–Kier alpha value is -1.89. The van der Waals surface area contributed by atoms with Crippen LogP contribution in [0.5, 0.6) is 11.5 Å². The Morgan fingerprint density at radius 2 is 1.95 bits per heavy atom. The summed E-state index contributed by atoms with van der Waals surface area (Å²) >= 11 is 1.49. The highest BCUT2D eigenvalue weighted by atomic mass is 32.2. The predicted octanol–water partition coefficient (Wildman–Crippen LogP) is 1.78. The molecule has 2 N–H and O–H groups in total. The van der Waals surface area contributed by atoms with Crippen LogP contribution in [-0.4, -0.2) is 43.0 Å². The molecular formula is C14H19NO5S. The third-order valence-corrected chi connectivity index (χ3v) is 3.70. The van der Waals surface area contributed by atoms with E-state index in [-0.39, 0.29) is 12.3 Å². The molecule has 0 fully saturated rings. The van der Waals surface area contributed by atoms with Crippen molar-refractivity contribution in [3.8, 4) is 11.5 Å². The summed E-state index contributed by atoms with van der Waals surface area (Å²) < 4.78 is 10.3. The standard InChI is InChI=1S/C14H19NO5S/c1-9(14(17)18)15-13(16)6-7-21-10-4-5-11(19-2)12(8-10)20-3/h4-5,8-9H,6-7H2,1-3H3,(H,15,16)(H,17,18)/t9-/m0/s1. The van der Waals surface area contributed by atoms with E-state index in [4.69, 9.17) is 14.6 Å². The second-order valence-electron chi connectivity index (χ2n) is 4.24. The lowest BCUT2D eigenvalue weighted by atomic mass is 10.3. The number of thioether (sulfide) groups is 1. The molecule has 1 rings (SSSR count). The lowest BCUT2D eigenvalue weighted by Gasteiger charge is -2.10. The average molecular weight is 313 g/mol. The highest BCUT2D eigenvalue weighted by molar-refractivity contribution is 7.99. The van der Waals surface area contributed by atoms with Gasteiger partial charge in [0.05, 0.1) is 14.2 Å². The zero-order valence-corrected chi connectivity index (χ0v) is 13.0. The van der Waals surface area contributed by atoms with Gasteiger partial charge in [-0.15, -0.1) is 11.8 Å². The molecule has 1 atom stereocenters. The second kappa shape index (κ2) is 8.41. The van der Waals surface area contributed by atoms with E-state index in [0.717, 1.165) is 4.90 Å².